The lowest BCUT2D eigenvalue weighted by Crippen LogP contribution is -2.41. The Kier molecular flexibility index (Phi) is 4.56. The smallest absolute Gasteiger partial charge is 0.170 e. The Hall–Kier alpha value is -2.83. The van der Waals surface area contributed by atoms with Gasteiger partial charge in [0.2, 0.25) is 0 Å². The number of hydrogen-bond acceptors (Lipinski definition) is 9. The first-order valence-electron chi connectivity index (χ1n) is 9.12. The predicted octanol–water partition coefficient (Wildman–Crippen LogP) is 1.45. The summed E-state index contributed by atoms with van der Waals surface area (Å²) in [7, 11) is 0. The molecule has 5 N–H and O–H groups in total. The second-order valence-electron chi connectivity index (χ2n) is 7.27. The molecule has 4 aromatic rings. The van der Waals surface area contributed by atoms with Gasteiger partial charge in [-0.25, -0.2) is 20.1 Å². The molecule has 0 saturated carbocycles. The molecule has 0 spiro atoms. The second-order valence-corrected chi connectivity index (χ2v) is 8.56. The van der Waals surface area contributed by atoms with Crippen LogP contribution in [0.5, 0.6) is 0 Å². The number of nitrogens with two attached hydrogens (primary N) is 2. The molecule has 1 aromatic carbocycles. The van der Waals surface area contributed by atoms with Crippen LogP contribution in [0.15, 0.2) is 29.3 Å². The number of rotatable bonds is 4. The zero-order valence-electron chi connectivity index (χ0n) is 15.6. The van der Waals surface area contributed by atoms with Crippen molar-refractivity contribution in [1.29, 1.82) is 0 Å². The molecule has 0 amide bonds. The summed E-state index contributed by atoms with van der Waals surface area (Å²) >= 11 is 10.1. The van der Waals surface area contributed by atoms with Gasteiger partial charge < -0.3 is 20.9 Å². The molecule has 5 rings (SSSR count). The van der Waals surface area contributed by atoms with E-state index in [2.05, 4.69) is 56.4 Å². The van der Waals surface area contributed by atoms with Crippen molar-refractivity contribution in [3.8, 4) is 0 Å². The quantitative estimate of drug-likeness (QED) is 0.385. The van der Waals surface area contributed by atoms with Crippen LogP contribution in [0.4, 0.5) is 11.5 Å². The molecule has 1 saturated heterocycles. The fourth-order valence-electron chi connectivity index (χ4n) is 3.82. The predicted molar refractivity (Wildman–Crippen MR) is 115 cm³/mol. The molecule has 1 fully saturated rings. The van der Waals surface area contributed by atoms with Crippen LogP contribution in [0.3, 0.4) is 0 Å². The van der Waals surface area contributed by atoms with Gasteiger partial charge in [-0.15, -0.1) is 5.10 Å². The third-order valence-corrected chi connectivity index (χ3v) is 6.28. The molecule has 1 atom stereocenters. The van der Waals surface area contributed by atoms with Gasteiger partial charge >= 0.3 is 0 Å². The molecule has 0 unspecified atom stereocenters. The van der Waals surface area contributed by atoms with E-state index in [4.69, 9.17) is 23.1 Å². The number of aromatic amines is 1. The Balaban J connectivity index is 1.53. The minimum Gasteiger partial charge on any atom is -0.382 e. The van der Waals surface area contributed by atoms with Crippen molar-refractivity contribution in [3.63, 3.8) is 0 Å². The first-order valence-corrected chi connectivity index (χ1v) is 10.3. The van der Waals surface area contributed by atoms with Crippen LogP contribution in [0.1, 0.15) is 17.8 Å². The van der Waals surface area contributed by atoms with E-state index >= 15 is 0 Å². The van der Waals surface area contributed by atoms with Crippen LogP contribution >= 0.6 is 27.5 Å². The standard InChI is InChI=1S/C17H17BrClN11/c18-11-3-9(19)4-12(29-2-1-17(21,6-29)16-25-27-28-26-16)10(11)5-30-8-24-13-14(20)22-7-23-15(13)30/h3-4,7-8H,1-2,5-6,21H2,(H2,20,22,23)(H,25,26,27,28)/t17-/m1/s1. The number of H-pyrrole nitrogens is 1. The number of fused-ring (bicyclic) bond motifs is 1. The Morgan fingerprint density at radius 2 is 2.13 bits per heavy atom. The Labute approximate surface area is 184 Å². The summed E-state index contributed by atoms with van der Waals surface area (Å²) in [6.45, 7) is 1.79. The Bertz CT molecular complexity index is 1220. The molecule has 0 radical (unpaired) electrons. The largest absolute Gasteiger partial charge is 0.382 e. The van der Waals surface area contributed by atoms with Crippen molar-refractivity contribution in [3.05, 3.63) is 45.7 Å². The average molecular weight is 491 g/mol. The van der Waals surface area contributed by atoms with Crippen molar-refractivity contribution in [1.82, 2.24) is 40.1 Å². The lowest BCUT2D eigenvalue weighted by Gasteiger charge is -2.26. The summed E-state index contributed by atoms with van der Waals surface area (Å²) in [6.07, 6.45) is 3.84. The van der Waals surface area contributed by atoms with Gasteiger partial charge in [0.25, 0.3) is 0 Å². The van der Waals surface area contributed by atoms with E-state index in [1.807, 2.05) is 16.7 Å². The fraction of sp³-hybridized carbons (Fsp3) is 0.294. The van der Waals surface area contributed by atoms with Gasteiger partial charge in [0.05, 0.1) is 18.4 Å². The molecule has 0 aliphatic carbocycles. The molecular weight excluding hydrogens is 474 g/mol. The van der Waals surface area contributed by atoms with E-state index in [1.54, 1.807) is 6.33 Å². The maximum Gasteiger partial charge on any atom is 0.170 e. The number of nitrogen functional groups attached to an aromatic ring is 1. The second kappa shape index (κ2) is 7.15. The van der Waals surface area contributed by atoms with Crippen molar-refractivity contribution < 1.29 is 0 Å². The van der Waals surface area contributed by atoms with E-state index in [-0.39, 0.29) is 0 Å². The molecule has 1 aliphatic rings. The lowest BCUT2D eigenvalue weighted by molar-refractivity contribution is 0.466. The number of hydrogen-bond donors (Lipinski definition) is 3. The Morgan fingerprint density at radius 3 is 2.93 bits per heavy atom. The SMILES string of the molecule is Nc1ncnc2c1ncn2Cc1c(Br)cc(Cl)cc1N1CC[C@](N)(c2nnn[nH]2)C1. The normalized spacial score (nSPS) is 19.1. The summed E-state index contributed by atoms with van der Waals surface area (Å²) in [4.78, 5) is 14.9. The summed E-state index contributed by atoms with van der Waals surface area (Å²) in [6, 6.07) is 3.81. The van der Waals surface area contributed by atoms with Crippen LogP contribution < -0.4 is 16.4 Å². The molecule has 30 heavy (non-hydrogen) atoms. The highest BCUT2D eigenvalue weighted by Gasteiger charge is 2.40. The first-order chi connectivity index (χ1) is 14.4. The van der Waals surface area contributed by atoms with Crippen LogP contribution in [-0.2, 0) is 12.1 Å². The summed E-state index contributed by atoms with van der Waals surface area (Å²) in [5, 5.41) is 14.8. The molecular formula is C17H17BrClN11. The third kappa shape index (κ3) is 3.16. The third-order valence-electron chi connectivity index (χ3n) is 5.35. The molecule has 3 aromatic heterocycles. The van der Waals surface area contributed by atoms with E-state index in [9.17, 15) is 0 Å². The summed E-state index contributed by atoms with van der Waals surface area (Å²) in [5.41, 5.74) is 15.1. The monoisotopic (exact) mass is 489 g/mol. The average Bonchev–Trinajstić information content (AvgIpc) is 3.45. The van der Waals surface area contributed by atoms with E-state index in [0.29, 0.717) is 47.3 Å². The minimum atomic E-state index is -0.668. The molecule has 11 nitrogen and oxygen atoms in total. The van der Waals surface area contributed by atoms with Gasteiger partial charge in [0.15, 0.2) is 17.3 Å². The first kappa shape index (κ1) is 19.2. The van der Waals surface area contributed by atoms with E-state index in [0.717, 1.165) is 22.3 Å². The zero-order valence-corrected chi connectivity index (χ0v) is 18.0. The van der Waals surface area contributed by atoms with Gasteiger partial charge in [-0.05, 0) is 29.0 Å². The van der Waals surface area contributed by atoms with E-state index < -0.39 is 5.54 Å². The number of imidazole rings is 1. The summed E-state index contributed by atoms with van der Waals surface area (Å²) in [5.74, 6) is 0.919. The van der Waals surface area contributed by atoms with Gasteiger partial charge in [-0.3, -0.25) is 0 Å². The van der Waals surface area contributed by atoms with E-state index in [1.165, 1.54) is 6.33 Å². The zero-order chi connectivity index (χ0) is 20.9. The minimum absolute atomic E-state index is 0.349. The van der Waals surface area contributed by atoms with Gasteiger partial charge in [-0.2, -0.15) is 0 Å². The summed E-state index contributed by atoms with van der Waals surface area (Å²) < 4.78 is 2.81. The molecule has 0 bridgehead atoms. The molecule has 13 heteroatoms. The molecule has 1 aliphatic heterocycles. The lowest BCUT2D eigenvalue weighted by atomic mass is 10.00. The highest BCUT2D eigenvalue weighted by Crippen LogP contribution is 2.38. The van der Waals surface area contributed by atoms with Crippen molar-refractivity contribution in [2.75, 3.05) is 23.7 Å². The number of nitrogens with one attached hydrogen (secondary N) is 1. The number of benzene rings is 1. The fourth-order valence-corrected chi connectivity index (χ4v) is 4.73. The maximum atomic E-state index is 6.60. The topological polar surface area (TPSA) is 153 Å². The Morgan fingerprint density at radius 1 is 1.27 bits per heavy atom. The van der Waals surface area contributed by atoms with Crippen LogP contribution in [0.25, 0.3) is 11.2 Å². The molecule has 4 heterocycles. The highest BCUT2D eigenvalue weighted by molar-refractivity contribution is 9.10. The number of aromatic nitrogens is 8. The van der Waals surface area contributed by atoms with Crippen molar-refractivity contribution >= 4 is 50.2 Å². The number of tetrazole rings is 1. The van der Waals surface area contributed by atoms with Crippen LogP contribution in [0, 0.1) is 0 Å². The van der Waals surface area contributed by atoms with Gasteiger partial charge in [0.1, 0.15) is 11.8 Å². The van der Waals surface area contributed by atoms with Gasteiger partial charge in [-0.1, -0.05) is 27.5 Å². The van der Waals surface area contributed by atoms with Crippen LogP contribution in [-0.4, -0.2) is 53.2 Å². The number of anilines is 2. The maximum absolute atomic E-state index is 6.60. The number of halogens is 2. The number of nitrogens with zero attached hydrogens (tertiary/aromatic N) is 8. The molecule has 154 valence electrons. The van der Waals surface area contributed by atoms with Crippen molar-refractivity contribution in [2.45, 2.75) is 18.5 Å². The van der Waals surface area contributed by atoms with Crippen LogP contribution in [0.2, 0.25) is 5.02 Å². The van der Waals surface area contributed by atoms with Crippen molar-refractivity contribution in [2.24, 2.45) is 5.73 Å². The highest BCUT2D eigenvalue weighted by atomic mass is 79.9. The van der Waals surface area contributed by atoms with Gasteiger partial charge in [0, 0.05) is 33.8 Å².